The largest absolute Gasteiger partial charge is 0.478 e. The predicted molar refractivity (Wildman–Crippen MR) is 63.4 cm³/mol. The summed E-state index contributed by atoms with van der Waals surface area (Å²) in [5.41, 5.74) is 0.661. The lowest BCUT2D eigenvalue weighted by molar-refractivity contribution is -0.384. The first-order valence-electron chi connectivity index (χ1n) is 4.65. The highest BCUT2D eigenvalue weighted by Crippen LogP contribution is 2.31. The molecular formula is C11H7NO4S. The highest BCUT2D eigenvalue weighted by atomic mass is 32.1. The molecule has 0 aliphatic rings. The van der Waals surface area contributed by atoms with Crippen LogP contribution in [0.3, 0.4) is 0 Å². The fourth-order valence-electron chi connectivity index (χ4n) is 1.46. The van der Waals surface area contributed by atoms with Crippen LogP contribution in [0.4, 0.5) is 5.69 Å². The zero-order chi connectivity index (χ0) is 12.4. The van der Waals surface area contributed by atoms with Crippen molar-refractivity contribution in [2.75, 3.05) is 0 Å². The second-order valence-corrected chi connectivity index (χ2v) is 4.19. The summed E-state index contributed by atoms with van der Waals surface area (Å²) >= 11 is 1.25. The maximum Gasteiger partial charge on any atom is 0.337 e. The Balaban J connectivity index is 2.53. The van der Waals surface area contributed by atoms with Gasteiger partial charge < -0.3 is 5.11 Å². The lowest BCUT2D eigenvalue weighted by atomic mass is 10.1. The first kappa shape index (κ1) is 11.3. The third-order valence-electron chi connectivity index (χ3n) is 2.21. The van der Waals surface area contributed by atoms with Crippen molar-refractivity contribution < 1.29 is 14.8 Å². The summed E-state index contributed by atoms with van der Waals surface area (Å²) in [5.74, 6) is -1.03. The Morgan fingerprint density at radius 1 is 1.35 bits per heavy atom. The number of nitro groups is 1. The van der Waals surface area contributed by atoms with Gasteiger partial charge in [0.2, 0.25) is 0 Å². The van der Waals surface area contributed by atoms with E-state index >= 15 is 0 Å². The van der Waals surface area contributed by atoms with E-state index in [-0.39, 0.29) is 11.3 Å². The third-order valence-corrected chi connectivity index (χ3v) is 3.18. The van der Waals surface area contributed by atoms with Crippen molar-refractivity contribution in [3.8, 4) is 10.4 Å². The van der Waals surface area contributed by atoms with Crippen molar-refractivity contribution in [2.24, 2.45) is 0 Å². The number of carbonyl (C=O) groups is 1. The number of benzene rings is 1. The molecular weight excluding hydrogens is 242 g/mol. The van der Waals surface area contributed by atoms with E-state index in [0.717, 1.165) is 0 Å². The molecule has 0 amide bonds. The van der Waals surface area contributed by atoms with E-state index in [2.05, 4.69) is 0 Å². The normalized spacial score (nSPS) is 10.1. The standard InChI is InChI=1S/C11H7NO4S/c13-11(14)9-4-5-17-10(9)7-2-1-3-8(6-7)12(15)16/h1-6H,(H,13,14). The molecule has 0 saturated carbocycles. The number of hydrogen-bond acceptors (Lipinski definition) is 4. The number of rotatable bonds is 3. The lowest BCUT2D eigenvalue weighted by Crippen LogP contribution is -1.95. The molecule has 1 aromatic carbocycles. The summed E-state index contributed by atoms with van der Waals surface area (Å²) in [4.78, 5) is 21.6. The van der Waals surface area contributed by atoms with Crippen molar-refractivity contribution in [3.05, 3.63) is 51.4 Å². The second-order valence-electron chi connectivity index (χ2n) is 3.28. The van der Waals surface area contributed by atoms with Gasteiger partial charge in [-0.2, -0.15) is 0 Å². The van der Waals surface area contributed by atoms with Gasteiger partial charge in [0.05, 0.1) is 10.5 Å². The number of carboxylic acids is 1. The van der Waals surface area contributed by atoms with Crippen molar-refractivity contribution in [1.29, 1.82) is 0 Å². The number of hydrogen-bond donors (Lipinski definition) is 1. The van der Waals surface area contributed by atoms with Crippen LogP contribution in [-0.2, 0) is 0 Å². The highest BCUT2D eigenvalue weighted by molar-refractivity contribution is 7.14. The van der Waals surface area contributed by atoms with E-state index in [1.165, 1.54) is 29.5 Å². The molecule has 0 fully saturated rings. The van der Waals surface area contributed by atoms with Crippen molar-refractivity contribution in [1.82, 2.24) is 0 Å². The van der Waals surface area contributed by atoms with E-state index < -0.39 is 10.9 Å². The van der Waals surface area contributed by atoms with Gasteiger partial charge in [0.25, 0.3) is 5.69 Å². The van der Waals surface area contributed by atoms with Gasteiger partial charge in [0.1, 0.15) is 0 Å². The molecule has 0 bridgehead atoms. The van der Waals surface area contributed by atoms with Crippen LogP contribution in [0.5, 0.6) is 0 Å². The van der Waals surface area contributed by atoms with Crippen molar-refractivity contribution >= 4 is 23.0 Å². The van der Waals surface area contributed by atoms with E-state index in [0.29, 0.717) is 10.4 Å². The quantitative estimate of drug-likeness (QED) is 0.669. The van der Waals surface area contributed by atoms with Crippen LogP contribution < -0.4 is 0 Å². The van der Waals surface area contributed by atoms with E-state index in [1.807, 2.05) is 0 Å². The monoisotopic (exact) mass is 249 g/mol. The minimum atomic E-state index is -1.03. The molecule has 6 heteroatoms. The first-order chi connectivity index (χ1) is 8.09. The van der Waals surface area contributed by atoms with Crippen LogP contribution in [0.25, 0.3) is 10.4 Å². The van der Waals surface area contributed by atoms with Gasteiger partial charge in [-0.15, -0.1) is 11.3 Å². The Bertz CT molecular complexity index is 591. The Kier molecular flexibility index (Phi) is 2.88. The minimum Gasteiger partial charge on any atom is -0.478 e. The maximum absolute atomic E-state index is 10.9. The molecule has 1 N–H and O–H groups in total. The summed E-state index contributed by atoms with van der Waals surface area (Å²) in [5, 5.41) is 21.3. The fourth-order valence-corrected chi connectivity index (χ4v) is 2.35. The second kappa shape index (κ2) is 4.34. The molecule has 0 aliphatic heterocycles. The van der Waals surface area contributed by atoms with Gasteiger partial charge in [-0.05, 0) is 17.0 Å². The Hall–Kier alpha value is -2.21. The highest BCUT2D eigenvalue weighted by Gasteiger charge is 2.15. The summed E-state index contributed by atoms with van der Waals surface area (Å²) in [6.07, 6.45) is 0. The summed E-state index contributed by atoms with van der Waals surface area (Å²) in [7, 11) is 0. The molecule has 1 aromatic heterocycles. The Morgan fingerprint density at radius 2 is 2.12 bits per heavy atom. The Morgan fingerprint density at radius 3 is 2.76 bits per heavy atom. The molecule has 0 unspecified atom stereocenters. The molecule has 0 radical (unpaired) electrons. The molecule has 5 nitrogen and oxygen atoms in total. The van der Waals surface area contributed by atoms with Gasteiger partial charge in [-0.25, -0.2) is 4.79 Å². The van der Waals surface area contributed by atoms with Crippen molar-refractivity contribution in [2.45, 2.75) is 0 Å². The average molecular weight is 249 g/mol. The molecule has 0 spiro atoms. The number of non-ortho nitro benzene ring substituents is 1. The van der Waals surface area contributed by atoms with Gasteiger partial charge in [-0.1, -0.05) is 12.1 Å². The number of thiophene rings is 1. The van der Waals surface area contributed by atoms with Crippen molar-refractivity contribution in [3.63, 3.8) is 0 Å². The van der Waals surface area contributed by atoms with Crippen LogP contribution in [0.1, 0.15) is 10.4 Å². The molecule has 2 rings (SSSR count). The molecule has 0 aliphatic carbocycles. The van der Waals surface area contributed by atoms with Crippen LogP contribution in [0, 0.1) is 10.1 Å². The van der Waals surface area contributed by atoms with E-state index in [1.54, 1.807) is 17.5 Å². The Labute approximate surface area is 100 Å². The molecule has 2 aromatic rings. The summed E-state index contributed by atoms with van der Waals surface area (Å²) in [6.45, 7) is 0. The predicted octanol–water partition coefficient (Wildman–Crippen LogP) is 3.02. The minimum absolute atomic E-state index is 0.0489. The number of carboxylic acid groups (broad SMARTS) is 1. The topological polar surface area (TPSA) is 80.4 Å². The van der Waals surface area contributed by atoms with Crippen LogP contribution in [-0.4, -0.2) is 16.0 Å². The third kappa shape index (κ3) is 2.16. The fraction of sp³-hybridized carbons (Fsp3) is 0. The number of nitro benzene ring substituents is 1. The first-order valence-corrected chi connectivity index (χ1v) is 5.53. The number of aromatic carboxylic acids is 1. The number of nitrogens with zero attached hydrogens (tertiary/aromatic N) is 1. The molecule has 1 heterocycles. The zero-order valence-corrected chi connectivity index (χ0v) is 9.31. The average Bonchev–Trinajstić information content (AvgIpc) is 2.78. The van der Waals surface area contributed by atoms with Crippen LogP contribution in [0.15, 0.2) is 35.7 Å². The SMILES string of the molecule is O=C(O)c1ccsc1-c1cccc([N+](=O)[O-])c1. The van der Waals surface area contributed by atoms with Gasteiger partial charge >= 0.3 is 5.97 Å². The molecule has 0 atom stereocenters. The zero-order valence-electron chi connectivity index (χ0n) is 8.49. The summed E-state index contributed by atoms with van der Waals surface area (Å²) < 4.78 is 0. The van der Waals surface area contributed by atoms with Crippen LogP contribution >= 0.6 is 11.3 Å². The van der Waals surface area contributed by atoms with Gasteiger partial charge in [0, 0.05) is 17.0 Å². The van der Waals surface area contributed by atoms with Crippen LogP contribution in [0.2, 0.25) is 0 Å². The summed E-state index contributed by atoms with van der Waals surface area (Å²) in [6, 6.07) is 7.43. The van der Waals surface area contributed by atoms with Gasteiger partial charge in [0.15, 0.2) is 0 Å². The van der Waals surface area contributed by atoms with Gasteiger partial charge in [-0.3, -0.25) is 10.1 Å². The van der Waals surface area contributed by atoms with E-state index in [4.69, 9.17) is 5.11 Å². The molecule has 86 valence electrons. The lowest BCUT2D eigenvalue weighted by Gasteiger charge is -2.00. The molecule has 0 saturated heterocycles. The van der Waals surface area contributed by atoms with E-state index in [9.17, 15) is 14.9 Å². The maximum atomic E-state index is 10.9. The smallest absolute Gasteiger partial charge is 0.337 e. The molecule has 17 heavy (non-hydrogen) atoms.